The molecule has 17 heavy (non-hydrogen) atoms. The highest BCUT2D eigenvalue weighted by Crippen LogP contribution is 2.19. The Labute approximate surface area is 103 Å². The molecule has 0 fully saturated rings. The highest BCUT2D eigenvalue weighted by atomic mass is 16.1. The van der Waals surface area contributed by atoms with Crippen molar-refractivity contribution in [3.8, 4) is 0 Å². The van der Waals surface area contributed by atoms with Gasteiger partial charge in [-0.15, -0.1) is 0 Å². The minimum atomic E-state index is -0.428. The molecule has 0 aliphatic carbocycles. The summed E-state index contributed by atoms with van der Waals surface area (Å²) < 4.78 is 1.86. The summed E-state index contributed by atoms with van der Waals surface area (Å²) in [5.41, 5.74) is 7.67. The molecule has 0 aliphatic rings. The van der Waals surface area contributed by atoms with E-state index in [-0.39, 0.29) is 11.2 Å². The van der Waals surface area contributed by atoms with Gasteiger partial charge in [0.25, 0.3) is 0 Å². The van der Waals surface area contributed by atoms with Crippen LogP contribution in [0.2, 0.25) is 0 Å². The van der Waals surface area contributed by atoms with E-state index in [4.69, 9.17) is 5.73 Å². The zero-order valence-corrected chi connectivity index (χ0v) is 11.4. The Kier molecular flexibility index (Phi) is 4.09. The summed E-state index contributed by atoms with van der Waals surface area (Å²) in [4.78, 5) is 12.1. The Balaban J connectivity index is 2.81. The first kappa shape index (κ1) is 13.9. The lowest BCUT2D eigenvalue weighted by atomic mass is 9.84. The summed E-state index contributed by atoms with van der Waals surface area (Å²) >= 11 is 0. The van der Waals surface area contributed by atoms with Crippen LogP contribution in [-0.2, 0) is 17.8 Å². The van der Waals surface area contributed by atoms with E-state index in [1.165, 1.54) is 0 Å². The molecule has 0 radical (unpaired) electrons. The molecule has 0 bridgehead atoms. The number of nitrogens with two attached hydrogens (primary N) is 1. The van der Waals surface area contributed by atoms with Crippen LogP contribution >= 0.6 is 0 Å². The van der Waals surface area contributed by atoms with Crippen molar-refractivity contribution in [2.24, 2.45) is 11.1 Å². The highest BCUT2D eigenvalue weighted by molar-refractivity contribution is 5.86. The number of Topliss-reactive ketones (excluding diaryl/α,β-unsaturated/α-hetero) is 1. The third kappa shape index (κ3) is 3.40. The Bertz CT molecular complexity index is 401. The quantitative estimate of drug-likeness (QED) is 0.867. The van der Waals surface area contributed by atoms with Crippen LogP contribution in [0.5, 0.6) is 0 Å². The Morgan fingerprint density at radius 1 is 1.53 bits per heavy atom. The maximum Gasteiger partial charge on any atom is 0.155 e. The SMILES string of the molecule is CCn1nc(C)cc1CC(=O)C(N)C(C)(C)C. The van der Waals surface area contributed by atoms with Crippen LogP contribution in [0.15, 0.2) is 6.07 Å². The van der Waals surface area contributed by atoms with Crippen LogP contribution in [0, 0.1) is 12.3 Å². The van der Waals surface area contributed by atoms with Crippen molar-refractivity contribution in [1.82, 2.24) is 9.78 Å². The molecule has 1 aromatic heterocycles. The minimum Gasteiger partial charge on any atom is -0.321 e. The second-order valence-corrected chi connectivity index (χ2v) is 5.58. The fourth-order valence-electron chi connectivity index (χ4n) is 1.79. The van der Waals surface area contributed by atoms with Gasteiger partial charge in [-0.25, -0.2) is 0 Å². The normalized spacial score (nSPS) is 13.8. The molecule has 4 nitrogen and oxygen atoms in total. The van der Waals surface area contributed by atoms with Crippen LogP contribution in [0.1, 0.15) is 39.1 Å². The van der Waals surface area contributed by atoms with Crippen molar-refractivity contribution in [1.29, 1.82) is 0 Å². The van der Waals surface area contributed by atoms with Gasteiger partial charge in [0.1, 0.15) is 0 Å². The highest BCUT2D eigenvalue weighted by Gasteiger charge is 2.27. The number of rotatable bonds is 4. The van der Waals surface area contributed by atoms with Crippen molar-refractivity contribution in [3.05, 3.63) is 17.5 Å². The van der Waals surface area contributed by atoms with Crippen molar-refractivity contribution >= 4 is 5.78 Å². The lowest BCUT2D eigenvalue weighted by Gasteiger charge is -2.25. The van der Waals surface area contributed by atoms with Crippen molar-refractivity contribution in [2.45, 2.75) is 53.6 Å². The van der Waals surface area contributed by atoms with E-state index in [0.717, 1.165) is 17.9 Å². The van der Waals surface area contributed by atoms with E-state index in [0.29, 0.717) is 6.42 Å². The van der Waals surface area contributed by atoms with Crippen LogP contribution < -0.4 is 5.73 Å². The Hall–Kier alpha value is -1.16. The van der Waals surface area contributed by atoms with E-state index in [9.17, 15) is 4.79 Å². The maximum absolute atomic E-state index is 12.1. The van der Waals surface area contributed by atoms with E-state index in [2.05, 4.69) is 5.10 Å². The number of carbonyl (C=O) groups excluding carboxylic acids is 1. The van der Waals surface area contributed by atoms with Crippen molar-refractivity contribution in [2.75, 3.05) is 0 Å². The first-order valence-corrected chi connectivity index (χ1v) is 6.07. The molecule has 1 unspecified atom stereocenters. The summed E-state index contributed by atoms with van der Waals surface area (Å²) in [7, 11) is 0. The molecule has 0 saturated heterocycles. The zero-order valence-electron chi connectivity index (χ0n) is 11.4. The monoisotopic (exact) mass is 237 g/mol. The number of hydrogen-bond donors (Lipinski definition) is 1. The standard InChI is InChI=1S/C13H23N3O/c1-6-16-10(7-9(2)15-16)8-11(17)12(14)13(3,4)5/h7,12H,6,8,14H2,1-5H3. The van der Waals surface area contributed by atoms with Gasteiger partial charge >= 0.3 is 0 Å². The third-order valence-corrected chi connectivity index (χ3v) is 2.92. The lowest BCUT2D eigenvalue weighted by Crippen LogP contribution is -2.43. The molecule has 0 amide bonds. The zero-order chi connectivity index (χ0) is 13.2. The number of aryl methyl sites for hydroxylation is 2. The first-order valence-electron chi connectivity index (χ1n) is 6.07. The number of hydrogen-bond acceptors (Lipinski definition) is 3. The fraction of sp³-hybridized carbons (Fsp3) is 0.692. The molecule has 1 heterocycles. The van der Waals surface area contributed by atoms with Gasteiger partial charge in [-0.05, 0) is 25.3 Å². The molecule has 1 rings (SSSR count). The van der Waals surface area contributed by atoms with E-state index >= 15 is 0 Å². The van der Waals surface area contributed by atoms with Gasteiger partial charge in [0, 0.05) is 12.2 Å². The maximum atomic E-state index is 12.1. The van der Waals surface area contributed by atoms with Gasteiger partial charge in [0.05, 0.1) is 18.2 Å². The second-order valence-electron chi connectivity index (χ2n) is 5.58. The molecule has 2 N–H and O–H groups in total. The summed E-state index contributed by atoms with van der Waals surface area (Å²) in [5, 5.41) is 4.33. The summed E-state index contributed by atoms with van der Waals surface area (Å²) in [6, 6.07) is 1.53. The van der Waals surface area contributed by atoms with Gasteiger partial charge < -0.3 is 5.73 Å². The lowest BCUT2D eigenvalue weighted by molar-refractivity contribution is -0.121. The number of nitrogens with zero attached hydrogens (tertiary/aromatic N) is 2. The molecule has 0 spiro atoms. The topological polar surface area (TPSA) is 60.9 Å². The van der Waals surface area contributed by atoms with Crippen molar-refractivity contribution < 1.29 is 4.79 Å². The smallest absolute Gasteiger partial charge is 0.155 e. The minimum absolute atomic E-state index is 0.0760. The van der Waals surface area contributed by atoms with Crippen LogP contribution in [0.25, 0.3) is 0 Å². The predicted molar refractivity (Wildman–Crippen MR) is 68.8 cm³/mol. The Morgan fingerprint density at radius 2 is 2.12 bits per heavy atom. The summed E-state index contributed by atoms with van der Waals surface area (Å²) in [6.07, 6.45) is 0.368. The molecule has 96 valence electrons. The van der Waals surface area contributed by atoms with Crippen LogP contribution in [-0.4, -0.2) is 21.6 Å². The second kappa shape index (κ2) is 5.00. The average Bonchev–Trinajstić information content (AvgIpc) is 2.56. The third-order valence-electron chi connectivity index (χ3n) is 2.92. The fourth-order valence-corrected chi connectivity index (χ4v) is 1.79. The molecular formula is C13H23N3O. The van der Waals surface area contributed by atoms with E-state index in [1.807, 2.05) is 45.4 Å². The summed E-state index contributed by atoms with van der Waals surface area (Å²) in [6.45, 7) is 10.7. The van der Waals surface area contributed by atoms with Gasteiger partial charge in [-0.2, -0.15) is 5.10 Å². The van der Waals surface area contributed by atoms with Gasteiger partial charge in [0.2, 0.25) is 0 Å². The summed E-state index contributed by atoms with van der Waals surface area (Å²) in [5.74, 6) is 0.0760. The molecule has 4 heteroatoms. The molecule has 0 aromatic carbocycles. The number of carbonyl (C=O) groups is 1. The average molecular weight is 237 g/mol. The number of ketones is 1. The van der Waals surface area contributed by atoms with E-state index in [1.54, 1.807) is 0 Å². The molecule has 0 saturated carbocycles. The van der Waals surface area contributed by atoms with Gasteiger partial charge in [-0.3, -0.25) is 9.48 Å². The first-order chi connectivity index (χ1) is 7.75. The number of aromatic nitrogens is 2. The van der Waals surface area contributed by atoms with Crippen molar-refractivity contribution in [3.63, 3.8) is 0 Å². The molecular weight excluding hydrogens is 214 g/mol. The molecule has 0 aliphatic heterocycles. The largest absolute Gasteiger partial charge is 0.321 e. The molecule has 1 atom stereocenters. The van der Waals surface area contributed by atoms with Crippen LogP contribution in [0.3, 0.4) is 0 Å². The van der Waals surface area contributed by atoms with Gasteiger partial charge in [0.15, 0.2) is 5.78 Å². The predicted octanol–water partition coefficient (Wildman–Crippen LogP) is 1.70. The van der Waals surface area contributed by atoms with E-state index < -0.39 is 6.04 Å². The molecule has 1 aromatic rings. The van der Waals surface area contributed by atoms with Crippen LogP contribution in [0.4, 0.5) is 0 Å². The van der Waals surface area contributed by atoms with Gasteiger partial charge in [-0.1, -0.05) is 20.8 Å². The Morgan fingerprint density at radius 3 is 2.59 bits per heavy atom.